The summed E-state index contributed by atoms with van der Waals surface area (Å²) in [6.45, 7) is 1.92. The first-order chi connectivity index (χ1) is 10.6. The van der Waals surface area contributed by atoms with Crippen LogP contribution in [0, 0.1) is 6.92 Å². The van der Waals surface area contributed by atoms with Crippen LogP contribution in [0.2, 0.25) is 5.02 Å². The first-order valence-electron chi connectivity index (χ1n) is 6.59. The molecule has 2 aromatic carbocycles. The van der Waals surface area contributed by atoms with Crippen molar-refractivity contribution in [2.24, 2.45) is 0 Å². The quantitative estimate of drug-likeness (QED) is 0.802. The number of carboxylic acids is 1. The van der Waals surface area contributed by atoms with Gasteiger partial charge in [-0.25, -0.2) is 9.48 Å². The smallest absolute Gasteiger partial charge is 0.358 e. The van der Waals surface area contributed by atoms with E-state index in [1.54, 1.807) is 24.3 Å². The third-order valence-corrected chi connectivity index (χ3v) is 3.60. The molecule has 3 rings (SSSR count). The molecule has 3 aromatic rings. The molecule has 6 heteroatoms. The van der Waals surface area contributed by atoms with Crippen molar-refractivity contribution in [1.29, 1.82) is 0 Å². The average molecular weight is 314 g/mol. The molecule has 0 aliphatic heterocycles. The molecule has 0 radical (unpaired) electrons. The Labute approximate surface area is 131 Å². The first-order valence-corrected chi connectivity index (χ1v) is 6.96. The molecule has 22 heavy (non-hydrogen) atoms. The number of aromatic nitrogens is 3. The number of rotatable bonds is 3. The van der Waals surface area contributed by atoms with Crippen LogP contribution in [-0.4, -0.2) is 26.1 Å². The van der Waals surface area contributed by atoms with Crippen molar-refractivity contribution in [3.8, 4) is 16.9 Å². The van der Waals surface area contributed by atoms with E-state index in [4.69, 9.17) is 11.6 Å². The van der Waals surface area contributed by atoms with E-state index in [-0.39, 0.29) is 5.69 Å². The topological polar surface area (TPSA) is 68.0 Å². The Hall–Kier alpha value is -2.66. The SMILES string of the molecule is Cc1ccccc1-c1c(C(=O)O)nnn1-c1ccc(Cl)cc1. The fourth-order valence-electron chi connectivity index (χ4n) is 2.27. The van der Waals surface area contributed by atoms with E-state index in [9.17, 15) is 9.90 Å². The van der Waals surface area contributed by atoms with Gasteiger partial charge in [-0.3, -0.25) is 0 Å². The van der Waals surface area contributed by atoms with Crippen LogP contribution in [0.1, 0.15) is 16.1 Å². The largest absolute Gasteiger partial charge is 0.476 e. The number of benzene rings is 2. The van der Waals surface area contributed by atoms with Crippen LogP contribution in [0.5, 0.6) is 0 Å². The number of hydrogen-bond donors (Lipinski definition) is 1. The predicted octanol–water partition coefficient (Wildman–Crippen LogP) is 3.59. The molecule has 0 saturated heterocycles. The fraction of sp³-hybridized carbons (Fsp3) is 0.0625. The minimum atomic E-state index is -1.11. The number of carbonyl (C=O) groups is 1. The van der Waals surface area contributed by atoms with Crippen molar-refractivity contribution in [3.63, 3.8) is 0 Å². The summed E-state index contributed by atoms with van der Waals surface area (Å²) in [5.41, 5.74) is 2.79. The Bertz CT molecular complexity index is 841. The molecule has 110 valence electrons. The minimum Gasteiger partial charge on any atom is -0.476 e. The Balaban J connectivity index is 2.27. The highest BCUT2D eigenvalue weighted by Gasteiger charge is 2.22. The number of hydrogen-bond acceptors (Lipinski definition) is 3. The van der Waals surface area contributed by atoms with Gasteiger partial charge >= 0.3 is 5.97 Å². The highest BCUT2D eigenvalue weighted by atomic mass is 35.5. The molecule has 0 atom stereocenters. The number of aromatic carboxylic acids is 1. The molecule has 1 aromatic heterocycles. The predicted molar refractivity (Wildman–Crippen MR) is 83.5 cm³/mol. The Morgan fingerprint density at radius 1 is 1.14 bits per heavy atom. The van der Waals surface area contributed by atoms with Gasteiger partial charge in [0.05, 0.1) is 5.69 Å². The zero-order chi connectivity index (χ0) is 15.7. The normalized spacial score (nSPS) is 10.6. The van der Waals surface area contributed by atoms with E-state index in [1.807, 2.05) is 31.2 Å². The van der Waals surface area contributed by atoms with Crippen LogP contribution in [0.3, 0.4) is 0 Å². The van der Waals surface area contributed by atoms with Gasteiger partial charge in [0.15, 0.2) is 5.69 Å². The average Bonchev–Trinajstić information content (AvgIpc) is 2.93. The molecular formula is C16H12ClN3O2. The Morgan fingerprint density at radius 2 is 1.82 bits per heavy atom. The number of carboxylic acid groups (broad SMARTS) is 1. The fourth-order valence-corrected chi connectivity index (χ4v) is 2.40. The van der Waals surface area contributed by atoms with Crippen molar-refractivity contribution < 1.29 is 9.90 Å². The Kier molecular flexibility index (Phi) is 3.65. The van der Waals surface area contributed by atoms with Gasteiger partial charge < -0.3 is 5.11 Å². The standard InChI is InChI=1S/C16H12ClN3O2/c1-10-4-2-3-5-13(10)15-14(16(21)22)18-19-20(15)12-8-6-11(17)7-9-12/h2-9H,1H3,(H,21,22). The highest BCUT2D eigenvalue weighted by molar-refractivity contribution is 6.30. The van der Waals surface area contributed by atoms with Crippen LogP contribution in [0.4, 0.5) is 0 Å². The van der Waals surface area contributed by atoms with Crippen molar-refractivity contribution >= 4 is 17.6 Å². The molecule has 0 fully saturated rings. The molecule has 0 saturated carbocycles. The lowest BCUT2D eigenvalue weighted by Gasteiger charge is -2.09. The summed E-state index contributed by atoms with van der Waals surface area (Å²) in [6.07, 6.45) is 0. The van der Waals surface area contributed by atoms with Gasteiger partial charge in [0, 0.05) is 10.6 Å². The van der Waals surface area contributed by atoms with Gasteiger partial charge in [-0.15, -0.1) is 5.10 Å². The summed E-state index contributed by atoms with van der Waals surface area (Å²) in [7, 11) is 0. The van der Waals surface area contributed by atoms with Gasteiger partial charge in [0.25, 0.3) is 0 Å². The second-order valence-electron chi connectivity index (χ2n) is 4.79. The number of halogens is 1. The van der Waals surface area contributed by atoms with E-state index >= 15 is 0 Å². The van der Waals surface area contributed by atoms with Gasteiger partial charge in [0.1, 0.15) is 5.69 Å². The molecule has 0 aliphatic carbocycles. The summed E-state index contributed by atoms with van der Waals surface area (Å²) >= 11 is 5.90. The van der Waals surface area contributed by atoms with Crippen molar-refractivity contribution in [2.75, 3.05) is 0 Å². The van der Waals surface area contributed by atoms with E-state index in [2.05, 4.69) is 10.3 Å². The maximum Gasteiger partial charge on any atom is 0.358 e. The molecule has 0 amide bonds. The lowest BCUT2D eigenvalue weighted by Crippen LogP contribution is -2.04. The lowest BCUT2D eigenvalue weighted by atomic mass is 10.0. The lowest BCUT2D eigenvalue weighted by molar-refractivity contribution is 0.0691. The van der Waals surface area contributed by atoms with E-state index < -0.39 is 5.97 Å². The van der Waals surface area contributed by atoms with Crippen LogP contribution < -0.4 is 0 Å². The highest BCUT2D eigenvalue weighted by Crippen LogP contribution is 2.28. The van der Waals surface area contributed by atoms with E-state index in [1.165, 1.54) is 4.68 Å². The third kappa shape index (κ3) is 2.46. The summed E-state index contributed by atoms with van der Waals surface area (Å²) in [4.78, 5) is 11.5. The first kappa shape index (κ1) is 14.3. The molecule has 1 heterocycles. The number of nitrogens with zero attached hydrogens (tertiary/aromatic N) is 3. The van der Waals surface area contributed by atoms with Crippen molar-refractivity contribution in [3.05, 3.63) is 64.8 Å². The second-order valence-corrected chi connectivity index (χ2v) is 5.23. The molecular weight excluding hydrogens is 302 g/mol. The van der Waals surface area contributed by atoms with Crippen molar-refractivity contribution in [1.82, 2.24) is 15.0 Å². The monoisotopic (exact) mass is 313 g/mol. The second kappa shape index (κ2) is 5.61. The summed E-state index contributed by atoms with van der Waals surface area (Å²) < 4.78 is 1.52. The molecule has 1 N–H and O–H groups in total. The maximum atomic E-state index is 11.5. The zero-order valence-electron chi connectivity index (χ0n) is 11.7. The number of aryl methyl sites for hydroxylation is 1. The van der Waals surface area contributed by atoms with Gasteiger partial charge in [-0.1, -0.05) is 41.1 Å². The summed E-state index contributed by atoms with van der Waals surface area (Å²) in [6, 6.07) is 14.5. The zero-order valence-corrected chi connectivity index (χ0v) is 12.4. The van der Waals surface area contributed by atoms with E-state index in [0.29, 0.717) is 16.4 Å². The molecule has 0 spiro atoms. The minimum absolute atomic E-state index is 0.0794. The van der Waals surface area contributed by atoms with Crippen molar-refractivity contribution in [2.45, 2.75) is 6.92 Å². The van der Waals surface area contributed by atoms with Crippen LogP contribution in [-0.2, 0) is 0 Å². The van der Waals surface area contributed by atoms with Gasteiger partial charge in [0.2, 0.25) is 0 Å². The van der Waals surface area contributed by atoms with Gasteiger partial charge in [-0.05, 0) is 36.8 Å². The molecule has 0 bridgehead atoms. The molecule has 0 aliphatic rings. The van der Waals surface area contributed by atoms with Crippen LogP contribution >= 0.6 is 11.6 Å². The van der Waals surface area contributed by atoms with E-state index in [0.717, 1.165) is 11.1 Å². The van der Waals surface area contributed by atoms with Crippen LogP contribution in [0.15, 0.2) is 48.5 Å². The Morgan fingerprint density at radius 3 is 2.45 bits per heavy atom. The third-order valence-electron chi connectivity index (χ3n) is 3.34. The molecule has 5 nitrogen and oxygen atoms in total. The molecule has 0 unspecified atom stereocenters. The summed E-state index contributed by atoms with van der Waals surface area (Å²) in [5.74, 6) is -1.11. The van der Waals surface area contributed by atoms with Gasteiger partial charge in [-0.2, -0.15) is 0 Å². The summed E-state index contributed by atoms with van der Waals surface area (Å²) in [5, 5.41) is 17.8. The van der Waals surface area contributed by atoms with Crippen LogP contribution in [0.25, 0.3) is 16.9 Å². The maximum absolute atomic E-state index is 11.5.